The highest BCUT2D eigenvalue weighted by Crippen LogP contribution is 2.22. The van der Waals surface area contributed by atoms with Crippen molar-refractivity contribution in [2.24, 2.45) is 0 Å². The average molecular weight is 328 g/mol. The number of carboxylic acid groups (broad SMARTS) is 1. The zero-order valence-corrected chi connectivity index (χ0v) is 11.9. The maximum absolute atomic E-state index is 13.3. The van der Waals surface area contributed by atoms with Crippen molar-refractivity contribution in [3.05, 3.63) is 63.4 Å². The lowest BCUT2D eigenvalue weighted by Crippen LogP contribution is -2.12. The Hall–Kier alpha value is -2.11. The molecule has 2 rings (SSSR count). The van der Waals surface area contributed by atoms with Gasteiger partial charge in [-0.2, -0.15) is 0 Å². The van der Waals surface area contributed by atoms with Crippen LogP contribution in [0.15, 0.2) is 36.4 Å². The van der Waals surface area contributed by atoms with E-state index in [4.69, 9.17) is 28.3 Å². The van der Waals surface area contributed by atoms with Crippen molar-refractivity contribution < 1.29 is 19.1 Å². The van der Waals surface area contributed by atoms with E-state index in [-0.39, 0.29) is 26.9 Å². The number of benzene rings is 2. The highest BCUT2D eigenvalue weighted by Gasteiger charge is 2.13. The Bertz CT molecular complexity index is 734. The molecule has 2 N–H and O–H groups in total. The predicted molar refractivity (Wildman–Crippen MR) is 77.8 cm³/mol. The molecule has 108 valence electrons. The highest BCUT2D eigenvalue weighted by molar-refractivity contribution is 6.33. The lowest BCUT2D eigenvalue weighted by Gasteiger charge is -2.07. The third-order valence-corrected chi connectivity index (χ3v) is 3.27. The highest BCUT2D eigenvalue weighted by atomic mass is 35.5. The number of carboxylic acids is 1. The third-order valence-electron chi connectivity index (χ3n) is 2.64. The summed E-state index contributed by atoms with van der Waals surface area (Å²) >= 11 is 11.3. The molecule has 0 saturated heterocycles. The number of anilines is 1. The fraction of sp³-hybridized carbons (Fsp3) is 0. The molecule has 0 atom stereocenters. The summed E-state index contributed by atoms with van der Waals surface area (Å²) in [6, 6.07) is 7.62. The lowest BCUT2D eigenvalue weighted by molar-refractivity contribution is 0.0696. The molecule has 0 saturated carbocycles. The summed E-state index contributed by atoms with van der Waals surface area (Å²) in [6.45, 7) is 0. The van der Waals surface area contributed by atoms with E-state index in [9.17, 15) is 14.0 Å². The van der Waals surface area contributed by atoms with E-state index < -0.39 is 17.7 Å². The molecule has 1 amide bonds. The van der Waals surface area contributed by atoms with Gasteiger partial charge in [-0.05, 0) is 36.4 Å². The van der Waals surface area contributed by atoms with Gasteiger partial charge in [0.1, 0.15) is 5.82 Å². The number of aromatic carboxylic acids is 1. The van der Waals surface area contributed by atoms with Gasteiger partial charge in [0, 0.05) is 11.3 Å². The van der Waals surface area contributed by atoms with Gasteiger partial charge >= 0.3 is 5.97 Å². The smallest absolute Gasteiger partial charge is 0.337 e. The molecule has 7 heteroatoms. The molecule has 21 heavy (non-hydrogen) atoms. The van der Waals surface area contributed by atoms with Crippen LogP contribution in [0.1, 0.15) is 20.7 Å². The minimum absolute atomic E-state index is 0.0537. The molecule has 0 unspecified atom stereocenters. The van der Waals surface area contributed by atoms with Gasteiger partial charge in [0.2, 0.25) is 0 Å². The summed E-state index contributed by atoms with van der Waals surface area (Å²) in [5.41, 5.74) is 0.151. The number of carbonyl (C=O) groups excluding carboxylic acids is 1. The van der Waals surface area contributed by atoms with Crippen LogP contribution < -0.4 is 5.32 Å². The molecule has 0 aliphatic heterocycles. The molecule has 0 heterocycles. The largest absolute Gasteiger partial charge is 0.478 e. The van der Waals surface area contributed by atoms with Crippen molar-refractivity contribution in [2.75, 3.05) is 5.32 Å². The van der Waals surface area contributed by atoms with Crippen LogP contribution in [0, 0.1) is 5.82 Å². The number of rotatable bonds is 3. The van der Waals surface area contributed by atoms with Gasteiger partial charge in [-0.3, -0.25) is 4.79 Å². The van der Waals surface area contributed by atoms with Crippen molar-refractivity contribution in [2.45, 2.75) is 0 Å². The molecule has 0 bridgehead atoms. The average Bonchev–Trinajstić information content (AvgIpc) is 2.43. The quantitative estimate of drug-likeness (QED) is 0.892. The number of halogens is 3. The summed E-state index contributed by atoms with van der Waals surface area (Å²) in [5, 5.41) is 11.4. The summed E-state index contributed by atoms with van der Waals surface area (Å²) in [7, 11) is 0. The Balaban J connectivity index is 2.25. The Morgan fingerprint density at radius 2 is 1.71 bits per heavy atom. The van der Waals surface area contributed by atoms with Crippen molar-refractivity contribution >= 4 is 40.8 Å². The second kappa shape index (κ2) is 6.11. The van der Waals surface area contributed by atoms with Crippen LogP contribution in [-0.2, 0) is 0 Å². The summed E-state index contributed by atoms with van der Waals surface area (Å²) < 4.78 is 13.3. The van der Waals surface area contributed by atoms with Crippen LogP contribution in [0.5, 0.6) is 0 Å². The fourth-order valence-electron chi connectivity index (χ4n) is 1.61. The lowest BCUT2D eigenvalue weighted by atomic mass is 10.1. The zero-order valence-electron chi connectivity index (χ0n) is 10.4. The van der Waals surface area contributed by atoms with E-state index in [2.05, 4.69) is 5.32 Å². The molecule has 0 aromatic heterocycles. The maximum atomic E-state index is 13.3. The molecular weight excluding hydrogens is 320 g/mol. The Kier molecular flexibility index (Phi) is 4.45. The van der Waals surface area contributed by atoms with E-state index in [1.165, 1.54) is 30.3 Å². The van der Waals surface area contributed by atoms with Crippen LogP contribution in [0.2, 0.25) is 10.0 Å². The molecule has 0 aliphatic carbocycles. The molecule has 0 fully saturated rings. The second-order valence-corrected chi connectivity index (χ2v) is 4.90. The molecule has 0 spiro atoms. The fourth-order valence-corrected chi connectivity index (χ4v) is 1.92. The first-order chi connectivity index (χ1) is 9.88. The van der Waals surface area contributed by atoms with E-state index in [1.807, 2.05) is 0 Å². The van der Waals surface area contributed by atoms with Crippen molar-refractivity contribution in [3.8, 4) is 0 Å². The molecule has 0 radical (unpaired) electrons. The van der Waals surface area contributed by atoms with Gasteiger partial charge in [0.15, 0.2) is 0 Å². The van der Waals surface area contributed by atoms with Crippen LogP contribution in [0.25, 0.3) is 0 Å². The van der Waals surface area contributed by atoms with E-state index >= 15 is 0 Å². The predicted octanol–water partition coefficient (Wildman–Crippen LogP) is 4.08. The SMILES string of the molecule is O=C(Nc1ccc(Cl)c(C(=O)O)c1)c1ccc(Cl)c(F)c1. The van der Waals surface area contributed by atoms with Gasteiger partial charge in [0.25, 0.3) is 5.91 Å². The maximum Gasteiger partial charge on any atom is 0.337 e. The van der Waals surface area contributed by atoms with Crippen LogP contribution in [0.3, 0.4) is 0 Å². The standard InChI is InChI=1S/C14H8Cl2FNO3/c15-10-4-2-8(6-9(10)14(20)21)18-13(19)7-1-3-11(16)12(17)5-7/h1-6H,(H,18,19)(H,20,21). The van der Waals surface area contributed by atoms with Gasteiger partial charge in [-0.1, -0.05) is 23.2 Å². The van der Waals surface area contributed by atoms with E-state index in [0.29, 0.717) is 0 Å². The van der Waals surface area contributed by atoms with Crippen LogP contribution >= 0.6 is 23.2 Å². The number of carbonyl (C=O) groups is 2. The van der Waals surface area contributed by atoms with Gasteiger partial charge in [-0.25, -0.2) is 9.18 Å². The normalized spacial score (nSPS) is 10.2. The zero-order chi connectivity index (χ0) is 15.6. The molecular formula is C14H8Cl2FNO3. The van der Waals surface area contributed by atoms with E-state index in [1.54, 1.807) is 0 Å². The van der Waals surface area contributed by atoms with Crippen molar-refractivity contribution in [3.63, 3.8) is 0 Å². The van der Waals surface area contributed by atoms with Gasteiger partial charge in [-0.15, -0.1) is 0 Å². The first-order valence-corrected chi connectivity index (χ1v) is 6.43. The third kappa shape index (κ3) is 3.51. The monoisotopic (exact) mass is 327 g/mol. The number of amides is 1. The minimum Gasteiger partial charge on any atom is -0.478 e. The second-order valence-electron chi connectivity index (χ2n) is 4.08. The van der Waals surface area contributed by atoms with Crippen LogP contribution in [-0.4, -0.2) is 17.0 Å². The van der Waals surface area contributed by atoms with Crippen molar-refractivity contribution in [1.82, 2.24) is 0 Å². The Morgan fingerprint density at radius 1 is 1.05 bits per heavy atom. The van der Waals surface area contributed by atoms with Gasteiger partial charge < -0.3 is 10.4 Å². The first kappa shape index (κ1) is 15.3. The van der Waals surface area contributed by atoms with Gasteiger partial charge in [0.05, 0.1) is 15.6 Å². The Morgan fingerprint density at radius 3 is 2.33 bits per heavy atom. The van der Waals surface area contributed by atoms with Crippen molar-refractivity contribution in [1.29, 1.82) is 0 Å². The first-order valence-electron chi connectivity index (χ1n) is 5.67. The molecule has 4 nitrogen and oxygen atoms in total. The molecule has 2 aromatic rings. The number of hydrogen-bond donors (Lipinski definition) is 2. The summed E-state index contributed by atoms with van der Waals surface area (Å²) in [5.74, 6) is -2.52. The molecule has 0 aliphatic rings. The molecule has 2 aromatic carbocycles. The van der Waals surface area contributed by atoms with E-state index in [0.717, 1.165) is 6.07 Å². The minimum atomic E-state index is -1.21. The van der Waals surface area contributed by atoms with Crippen LogP contribution in [0.4, 0.5) is 10.1 Å². The summed E-state index contributed by atoms with van der Waals surface area (Å²) in [4.78, 5) is 22.9. The number of hydrogen-bond acceptors (Lipinski definition) is 2. The summed E-state index contributed by atoms with van der Waals surface area (Å²) in [6.07, 6.45) is 0. The number of nitrogens with one attached hydrogen (secondary N) is 1. The topological polar surface area (TPSA) is 66.4 Å². The Labute approximate surface area is 129 Å².